The molecular formula is C6H11N3. The Morgan fingerprint density at radius 2 is 2.56 bits per heavy atom. The molecule has 1 aromatic rings. The van der Waals surface area contributed by atoms with E-state index in [9.17, 15) is 0 Å². The molecule has 1 atom stereocenters. The molecule has 0 aliphatic carbocycles. The van der Waals surface area contributed by atoms with Crippen LogP contribution in [0.5, 0.6) is 0 Å². The minimum absolute atomic E-state index is 0.208. The summed E-state index contributed by atoms with van der Waals surface area (Å²) in [4.78, 5) is 3.88. The second-order valence-electron chi connectivity index (χ2n) is 2.24. The zero-order valence-electron chi connectivity index (χ0n) is 5.49. The summed E-state index contributed by atoms with van der Waals surface area (Å²) in [5, 5.41) is 0. The minimum Gasteiger partial charge on any atom is -0.336 e. The molecular weight excluding hydrogens is 114 g/mol. The van der Waals surface area contributed by atoms with Gasteiger partial charge in [0.15, 0.2) is 0 Å². The lowest BCUT2D eigenvalue weighted by atomic mass is 10.4. The van der Waals surface area contributed by atoms with E-state index >= 15 is 0 Å². The van der Waals surface area contributed by atoms with Gasteiger partial charge in [-0.1, -0.05) is 0 Å². The van der Waals surface area contributed by atoms with Crippen molar-refractivity contribution in [2.45, 2.75) is 19.5 Å². The van der Waals surface area contributed by atoms with Gasteiger partial charge in [-0.3, -0.25) is 0 Å². The second-order valence-corrected chi connectivity index (χ2v) is 2.24. The molecule has 0 aromatic carbocycles. The highest BCUT2D eigenvalue weighted by Gasteiger charge is 1.92. The van der Waals surface area contributed by atoms with Crippen LogP contribution in [0.15, 0.2) is 18.7 Å². The Kier molecular flexibility index (Phi) is 1.85. The van der Waals surface area contributed by atoms with Gasteiger partial charge >= 0.3 is 0 Å². The van der Waals surface area contributed by atoms with Crippen molar-refractivity contribution < 1.29 is 0 Å². The fourth-order valence-electron chi connectivity index (χ4n) is 0.727. The van der Waals surface area contributed by atoms with Crippen LogP contribution in [0.2, 0.25) is 0 Å². The van der Waals surface area contributed by atoms with Crippen molar-refractivity contribution in [3.63, 3.8) is 0 Å². The number of hydrogen-bond acceptors (Lipinski definition) is 2. The molecule has 0 saturated heterocycles. The highest BCUT2D eigenvalue weighted by molar-refractivity contribution is 4.75. The lowest BCUT2D eigenvalue weighted by Crippen LogP contribution is -2.21. The summed E-state index contributed by atoms with van der Waals surface area (Å²) in [7, 11) is 0. The number of hydrogen-bond donors (Lipinski definition) is 1. The Hall–Kier alpha value is -0.830. The maximum Gasteiger partial charge on any atom is 0.0946 e. The molecule has 0 bridgehead atoms. The van der Waals surface area contributed by atoms with Gasteiger partial charge in [-0.15, -0.1) is 0 Å². The quantitative estimate of drug-likeness (QED) is 0.615. The van der Waals surface area contributed by atoms with Gasteiger partial charge in [0.2, 0.25) is 0 Å². The first-order valence-corrected chi connectivity index (χ1v) is 3.00. The average molecular weight is 125 g/mol. The molecule has 2 N–H and O–H groups in total. The molecule has 0 spiro atoms. The molecule has 0 fully saturated rings. The van der Waals surface area contributed by atoms with E-state index in [1.54, 1.807) is 12.5 Å². The van der Waals surface area contributed by atoms with Crippen LogP contribution >= 0.6 is 0 Å². The fraction of sp³-hybridized carbons (Fsp3) is 0.500. The van der Waals surface area contributed by atoms with E-state index in [1.165, 1.54) is 0 Å². The Morgan fingerprint density at radius 1 is 1.78 bits per heavy atom. The normalized spacial score (nSPS) is 13.6. The maximum atomic E-state index is 5.54. The van der Waals surface area contributed by atoms with E-state index in [0.29, 0.717) is 0 Å². The van der Waals surface area contributed by atoms with Crippen molar-refractivity contribution in [2.75, 3.05) is 0 Å². The summed E-state index contributed by atoms with van der Waals surface area (Å²) >= 11 is 0. The van der Waals surface area contributed by atoms with E-state index in [4.69, 9.17) is 5.73 Å². The average Bonchev–Trinajstić information content (AvgIpc) is 2.15. The van der Waals surface area contributed by atoms with Crippen molar-refractivity contribution >= 4 is 0 Å². The molecule has 1 rings (SSSR count). The van der Waals surface area contributed by atoms with Crippen LogP contribution in [-0.4, -0.2) is 15.6 Å². The van der Waals surface area contributed by atoms with Gasteiger partial charge in [-0.05, 0) is 6.92 Å². The zero-order valence-corrected chi connectivity index (χ0v) is 5.49. The van der Waals surface area contributed by atoms with Gasteiger partial charge in [0.05, 0.1) is 6.33 Å². The molecule has 3 heteroatoms. The summed E-state index contributed by atoms with van der Waals surface area (Å²) < 4.78 is 1.96. The number of nitrogens with two attached hydrogens (primary N) is 1. The van der Waals surface area contributed by atoms with Crippen LogP contribution in [0, 0.1) is 0 Å². The topological polar surface area (TPSA) is 43.8 Å². The highest BCUT2D eigenvalue weighted by Crippen LogP contribution is 1.87. The number of aromatic nitrogens is 2. The molecule has 0 aliphatic heterocycles. The van der Waals surface area contributed by atoms with Gasteiger partial charge in [0.25, 0.3) is 0 Å². The van der Waals surface area contributed by atoms with Gasteiger partial charge in [0.1, 0.15) is 0 Å². The Bertz CT molecular complexity index is 155. The van der Waals surface area contributed by atoms with Crippen molar-refractivity contribution in [1.82, 2.24) is 9.55 Å². The summed E-state index contributed by atoms with van der Waals surface area (Å²) in [5.74, 6) is 0. The van der Waals surface area contributed by atoms with Crippen molar-refractivity contribution in [3.8, 4) is 0 Å². The van der Waals surface area contributed by atoms with Gasteiger partial charge < -0.3 is 10.3 Å². The molecule has 0 aliphatic rings. The number of rotatable bonds is 2. The van der Waals surface area contributed by atoms with E-state index in [2.05, 4.69) is 4.98 Å². The van der Waals surface area contributed by atoms with Crippen molar-refractivity contribution in [3.05, 3.63) is 18.7 Å². The number of nitrogens with zero attached hydrogens (tertiary/aromatic N) is 2. The summed E-state index contributed by atoms with van der Waals surface area (Å²) in [6, 6.07) is 0.208. The van der Waals surface area contributed by atoms with Gasteiger partial charge in [0, 0.05) is 25.0 Å². The molecule has 0 radical (unpaired) electrons. The minimum atomic E-state index is 0.208. The standard InChI is InChI=1S/C6H11N3/c1-6(7)4-9-3-2-8-5-9/h2-3,5-6H,4,7H2,1H3. The predicted octanol–water partition coefficient (Wildman–Crippen LogP) is 0.230. The first kappa shape index (κ1) is 6.29. The van der Waals surface area contributed by atoms with Crippen LogP contribution in [0.1, 0.15) is 6.92 Å². The van der Waals surface area contributed by atoms with Crippen LogP contribution in [0.4, 0.5) is 0 Å². The third-order valence-electron chi connectivity index (χ3n) is 1.06. The Morgan fingerprint density at radius 3 is 3.00 bits per heavy atom. The lowest BCUT2D eigenvalue weighted by molar-refractivity contribution is 0.589. The first-order chi connectivity index (χ1) is 4.29. The van der Waals surface area contributed by atoms with E-state index in [1.807, 2.05) is 17.7 Å². The third-order valence-corrected chi connectivity index (χ3v) is 1.06. The van der Waals surface area contributed by atoms with Crippen LogP contribution in [0.3, 0.4) is 0 Å². The van der Waals surface area contributed by atoms with E-state index < -0.39 is 0 Å². The van der Waals surface area contributed by atoms with Crippen LogP contribution in [0.25, 0.3) is 0 Å². The molecule has 3 nitrogen and oxygen atoms in total. The maximum absolute atomic E-state index is 5.54. The highest BCUT2D eigenvalue weighted by atomic mass is 15.0. The molecule has 0 amide bonds. The monoisotopic (exact) mass is 125 g/mol. The molecule has 1 unspecified atom stereocenters. The Balaban J connectivity index is 2.48. The predicted molar refractivity (Wildman–Crippen MR) is 35.9 cm³/mol. The van der Waals surface area contributed by atoms with Gasteiger partial charge in [-0.2, -0.15) is 0 Å². The number of imidazole rings is 1. The summed E-state index contributed by atoms with van der Waals surface area (Å²) in [6.07, 6.45) is 5.43. The molecule has 9 heavy (non-hydrogen) atoms. The molecule has 1 aromatic heterocycles. The molecule has 50 valence electrons. The van der Waals surface area contributed by atoms with Crippen LogP contribution in [-0.2, 0) is 6.54 Å². The van der Waals surface area contributed by atoms with Crippen molar-refractivity contribution in [1.29, 1.82) is 0 Å². The fourth-order valence-corrected chi connectivity index (χ4v) is 0.727. The SMILES string of the molecule is CC(N)Cn1ccnc1. The molecule has 0 saturated carbocycles. The second kappa shape index (κ2) is 2.64. The first-order valence-electron chi connectivity index (χ1n) is 3.00. The van der Waals surface area contributed by atoms with E-state index in [-0.39, 0.29) is 6.04 Å². The molecule has 1 heterocycles. The summed E-state index contributed by atoms with van der Waals surface area (Å²) in [6.45, 7) is 2.82. The third kappa shape index (κ3) is 1.85. The summed E-state index contributed by atoms with van der Waals surface area (Å²) in [5.41, 5.74) is 5.54. The zero-order chi connectivity index (χ0) is 6.69. The van der Waals surface area contributed by atoms with Crippen LogP contribution < -0.4 is 5.73 Å². The van der Waals surface area contributed by atoms with Gasteiger partial charge in [-0.25, -0.2) is 4.98 Å². The largest absolute Gasteiger partial charge is 0.336 e. The van der Waals surface area contributed by atoms with E-state index in [0.717, 1.165) is 6.54 Å². The smallest absolute Gasteiger partial charge is 0.0946 e. The van der Waals surface area contributed by atoms with Crippen molar-refractivity contribution in [2.24, 2.45) is 5.73 Å². The Labute approximate surface area is 54.5 Å². The lowest BCUT2D eigenvalue weighted by Gasteiger charge is -2.03.